The van der Waals surface area contributed by atoms with E-state index in [1.54, 1.807) is 0 Å². The third kappa shape index (κ3) is 11.0. The number of benzene rings is 7. The number of hydrogen-bond acceptors (Lipinski definition) is 12. The molecular weight excluding hydrogens is 905 g/mol. The first-order chi connectivity index (χ1) is 28.4. The first-order valence-electron chi connectivity index (χ1n) is 17.0. The van der Waals surface area contributed by atoms with Crippen LogP contribution >= 0.6 is 23.2 Å². The van der Waals surface area contributed by atoms with Gasteiger partial charge in [0.2, 0.25) is 0 Å². The van der Waals surface area contributed by atoms with Crippen LogP contribution in [-0.4, -0.2) is 37.8 Å². The van der Waals surface area contributed by atoms with Gasteiger partial charge in [0, 0.05) is 32.5 Å². The average molecular weight is 930 g/mol. The van der Waals surface area contributed by atoms with Gasteiger partial charge in [-0.15, -0.1) is 10.2 Å². The molecule has 0 saturated carbocycles. The third-order valence-electron chi connectivity index (χ3n) is 8.71. The molecule has 16 nitrogen and oxygen atoms in total. The zero-order chi connectivity index (χ0) is 42.9. The van der Waals surface area contributed by atoms with Crippen molar-refractivity contribution in [1.82, 2.24) is 0 Å². The number of rotatable bonds is 10. The smallest absolute Gasteiger partial charge is 0.871 e. The fraction of sp³-hybridized carbons (Fsp3) is 0. The number of anilines is 2. The van der Waals surface area contributed by atoms with Crippen molar-refractivity contribution in [2.75, 3.05) is 10.6 Å². The summed E-state index contributed by atoms with van der Waals surface area (Å²) in [5.74, 6) is -3.08. The maximum Gasteiger partial charge on any atom is 1.00 e. The normalized spacial score (nSPS) is 11.7. The Bertz CT molecular complexity index is 2990. The molecule has 4 N–H and O–H groups in total. The van der Waals surface area contributed by atoms with Gasteiger partial charge in [0.1, 0.15) is 9.79 Å². The molecule has 0 aromatic heterocycles. The molecule has 0 aliphatic rings. The van der Waals surface area contributed by atoms with Crippen LogP contribution in [0.4, 0.5) is 34.1 Å². The van der Waals surface area contributed by atoms with E-state index >= 15 is 0 Å². The molecule has 7 aromatic rings. The summed E-state index contributed by atoms with van der Waals surface area (Å²) in [6.07, 6.45) is 0. The molecule has 0 aliphatic heterocycles. The molecule has 0 spiro atoms. The predicted octanol–water partition coefficient (Wildman–Crippen LogP) is 3.28. The van der Waals surface area contributed by atoms with Gasteiger partial charge in [-0.25, -0.2) is 0 Å². The number of nitrogens with one attached hydrogen (secondary N) is 2. The minimum absolute atomic E-state index is 0. The molecule has 22 heteroatoms. The molecule has 7 aromatic carbocycles. The Morgan fingerprint density at radius 1 is 0.516 bits per heavy atom. The van der Waals surface area contributed by atoms with Crippen molar-refractivity contribution in [1.29, 1.82) is 0 Å². The Labute approximate surface area is 406 Å². The van der Waals surface area contributed by atoms with Gasteiger partial charge in [-0.05, 0) is 125 Å². The maximum atomic E-state index is 13.3. The van der Waals surface area contributed by atoms with Gasteiger partial charge in [-0.2, -0.15) is 27.1 Å². The second-order valence-corrected chi connectivity index (χ2v) is 16.4. The second-order valence-electron chi connectivity index (χ2n) is 12.8. The van der Waals surface area contributed by atoms with Gasteiger partial charge in [-0.3, -0.25) is 18.7 Å². The summed E-state index contributed by atoms with van der Waals surface area (Å²) in [5.41, 5.74) is -0.429. The van der Waals surface area contributed by atoms with Gasteiger partial charge in [0.05, 0.1) is 22.7 Å². The molecule has 0 saturated heterocycles. The summed E-state index contributed by atoms with van der Waals surface area (Å²) in [6, 6.07) is 27.7. The van der Waals surface area contributed by atoms with Crippen LogP contribution in [0, 0.1) is 0 Å². The molecule has 0 aliphatic carbocycles. The third-order valence-corrected chi connectivity index (χ3v) is 10.9. The SMILES string of the molecule is O=C(Nc1ccc2c([O-])c(N=Nc3ccc(Cl)cc3)c(S(=O)(=O)O)cc2c1)c1cccc(C(=O)Nc2ccc3c([O-])c(N=Nc4ccc(Cl)cc4)c(S(=O)(=O)O)cc3c2)c1.[Na+].[Na+]. The molecule has 0 unspecified atom stereocenters. The quantitative estimate of drug-likeness (QED) is 0.0884. The molecule has 62 heavy (non-hydrogen) atoms. The number of hydrogen-bond donors (Lipinski definition) is 4. The van der Waals surface area contributed by atoms with E-state index in [0.29, 0.717) is 10.0 Å². The molecule has 0 heterocycles. The van der Waals surface area contributed by atoms with E-state index in [9.17, 15) is 45.7 Å². The van der Waals surface area contributed by atoms with E-state index < -0.39 is 64.7 Å². The monoisotopic (exact) mass is 928 g/mol. The Morgan fingerprint density at radius 2 is 0.887 bits per heavy atom. The van der Waals surface area contributed by atoms with Crippen LogP contribution < -0.4 is 80.0 Å². The second kappa shape index (κ2) is 19.7. The number of fused-ring (bicyclic) bond motifs is 2. The topological polar surface area (TPSA) is 262 Å². The summed E-state index contributed by atoms with van der Waals surface area (Å²) in [4.78, 5) is 25.1. The van der Waals surface area contributed by atoms with E-state index in [1.165, 1.54) is 109 Å². The number of halogens is 2. The summed E-state index contributed by atoms with van der Waals surface area (Å²) in [6.45, 7) is 0. The molecule has 7 rings (SSSR count). The number of carbonyl (C=O) groups excluding carboxylic acids is 2. The fourth-order valence-electron chi connectivity index (χ4n) is 5.85. The molecule has 0 radical (unpaired) electrons. The van der Waals surface area contributed by atoms with Crippen molar-refractivity contribution in [3.63, 3.8) is 0 Å². The Kier molecular flexibility index (Phi) is 15.3. The molecule has 0 fully saturated rings. The number of carbonyl (C=O) groups is 2. The van der Waals surface area contributed by atoms with Crippen LogP contribution in [0.25, 0.3) is 21.5 Å². The fourth-order valence-corrected chi connectivity index (χ4v) is 7.41. The van der Waals surface area contributed by atoms with Gasteiger partial charge in [0.15, 0.2) is 0 Å². The zero-order valence-electron chi connectivity index (χ0n) is 32.1. The van der Waals surface area contributed by atoms with Crippen LogP contribution in [-0.2, 0) is 20.2 Å². The van der Waals surface area contributed by atoms with Gasteiger partial charge >= 0.3 is 59.1 Å². The van der Waals surface area contributed by atoms with Crippen LogP contribution in [0.3, 0.4) is 0 Å². The number of nitrogens with zero attached hydrogens (tertiary/aromatic N) is 4. The molecule has 0 bridgehead atoms. The number of amides is 2. The Morgan fingerprint density at radius 3 is 1.24 bits per heavy atom. The maximum absolute atomic E-state index is 13.3. The van der Waals surface area contributed by atoms with Crippen LogP contribution in [0.15, 0.2) is 152 Å². The van der Waals surface area contributed by atoms with Crippen LogP contribution in [0.1, 0.15) is 20.7 Å². The summed E-state index contributed by atoms with van der Waals surface area (Å²) in [7, 11) is -9.93. The van der Waals surface area contributed by atoms with Crippen LogP contribution in [0.2, 0.25) is 10.0 Å². The molecular formula is C40H24Cl2N6Na2O10S2. The minimum atomic E-state index is -4.97. The largest absolute Gasteiger partial charge is 1.00 e. The van der Waals surface area contributed by atoms with Gasteiger partial charge < -0.3 is 20.8 Å². The van der Waals surface area contributed by atoms with E-state index in [2.05, 4.69) is 31.1 Å². The van der Waals surface area contributed by atoms with Gasteiger partial charge in [0.25, 0.3) is 32.1 Å². The number of azo groups is 2. The first-order valence-corrected chi connectivity index (χ1v) is 20.7. The summed E-state index contributed by atoms with van der Waals surface area (Å²) in [5, 5.41) is 48.3. The van der Waals surface area contributed by atoms with Gasteiger partial charge in [-0.1, -0.05) is 52.9 Å². The van der Waals surface area contributed by atoms with Crippen molar-refractivity contribution < 1.29 is 105 Å². The van der Waals surface area contributed by atoms with Crippen molar-refractivity contribution in [2.24, 2.45) is 20.5 Å². The van der Waals surface area contributed by atoms with Crippen molar-refractivity contribution in [3.05, 3.63) is 142 Å². The predicted molar refractivity (Wildman–Crippen MR) is 220 cm³/mol. The van der Waals surface area contributed by atoms with E-state index in [0.717, 1.165) is 12.1 Å². The average Bonchev–Trinajstić information content (AvgIpc) is 3.20. The molecule has 2 amide bonds. The van der Waals surface area contributed by atoms with E-state index in [-0.39, 0.29) is 115 Å². The zero-order valence-corrected chi connectivity index (χ0v) is 39.2. The molecule has 0 atom stereocenters. The van der Waals surface area contributed by atoms with Crippen molar-refractivity contribution >= 4 is 111 Å². The summed E-state index contributed by atoms with van der Waals surface area (Å²) >= 11 is 11.8. The Balaban J connectivity index is 0.00000363. The van der Waals surface area contributed by atoms with E-state index in [4.69, 9.17) is 23.2 Å². The van der Waals surface area contributed by atoms with Crippen molar-refractivity contribution in [3.8, 4) is 11.5 Å². The first kappa shape index (κ1) is 48.2. The Hall–Kier alpha value is -4.80. The van der Waals surface area contributed by atoms with Crippen molar-refractivity contribution in [2.45, 2.75) is 9.79 Å². The van der Waals surface area contributed by atoms with Crippen LogP contribution in [0.5, 0.6) is 11.5 Å². The standard InChI is InChI=1S/C40H26Cl2N6O10S2.2Na/c41-25-4-8-27(9-5-25)45-47-35-33(59(53,54)55)19-23-17-29(12-14-31(23)37(35)49)43-39(51)21-2-1-3-22(16-21)40(52)44-30-13-15-32-24(18-30)20-34(60(56,57)58)36(38(32)50)48-46-28-10-6-26(42)7-11-28;;/h1-20,49-50H,(H,43,51)(H,44,52)(H,53,54,55)(H,56,57,58);;/q;2*+1/p-2. The van der Waals surface area contributed by atoms with E-state index in [1.807, 2.05) is 0 Å². The molecule has 302 valence electrons. The summed E-state index contributed by atoms with van der Waals surface area (Å²) < 4.78 is 69.1. The minimum Gasteiger partial charge on any atom is -0.871 e.